The van der Waals surface area contributed by atoms with Gasteiger partial charge in [-0.05, 0) is 42.9 Å². The van der Waals surface area contributed by atoms with Gasteiger partial charge in [0.1, 0.15) is 5.75 Å². The third-order valence-corrected chi connectivity index (χ3v) is 3.21. The lowest BCUT2D eigenvalue weighted by Gasteiger charge is -2.02. The van der Waals surface area contributed by atoms with Crippen LogP contribution < -0.4 is 4.74 Å². The van der Waals surface area contributed by atoms with Crippen LogP contribution >= 0.6 is 11.8 Å². The van der Waals surface area contributed by atoms with Gasteiger partial charge in [-0.3, -0.25) is 4.79 Å². The van der Waals surface area contributed by atoms with Crippen molar-refractivity contribution in [2.24, 2.45) is 0 Å². The van der Waals surface area contributed by atoms with Gasteiger partial charge < -0.3 is 9.84 Å². The molecule has 0 amide bonds. The molecule has 88 valence electrons. The molecule has 4 heteroatoms. The summed E-state index contributed by atoms with van der Waals surface area (Å²) in [6.07, 6.45) is 1.95. The van der Waals surface area contributed by atoms with Gasteiger partial charge in [-0.25, -0.2) is 0 Å². The smallest absolute Gasteiger partial charge is 0.303 e. The van der Waals surface area contributed by atoms with E-state index in [-0.39, 0.29) is 6.42 Å². The quantitative estimate of drug-likeness (QED) is 0.588. The highest BCUT2D eigenvalue weighted by atomic mass is 32.2. The predicted molar refractivity (Wildman–Crippen MR) is 65.2 cm³/mol. The summed E-state index contributed by atoms with van der Waals surface area (Å²) in [5.74, 6) is 1.10. The molecular formula is C12H16O3S. The molecule has 0 aromatic heterocycles. The normalized spacial score (nSPS) is 10.1. The molecule has 0 saturated heterocycles. The number of carboxylic acid groups (broad SMARTS) is 1. The number of unbranched alkanes of at least 4 members (excludes halogenated alkanes) is 1. The van der Waals surface area contributed by atoms with Gasteiger partial charge in [0, 0.05) is 11.3 Å². The number of hydrogen-bond donors (Lipinski definition) is 1. The zero-order valence-corrected chi connectivity index (χ0v) is 10.1. The van der Waals surface area contributed by atoms with Gasteiger partial charge in [0.2, 0.25) is 0 Å². The van der Waals surface area contributed by atoms with E-state index in [2.05, 4.69) is 0 Å². The molecule has 0 aliphatic carbocycles. The Morgan fingerprint density at radius 1 is 1.31 bits per heavy atom. The minimum Gasteiger partial charge on any atom is -0.497 e. The van der Waals surface area contributed by atoms with Crippen molar-refractivity contribution in [1.29, 1.82) is 0 Å². The lowest BCUT2D eigenvalue weighted by atomic mass is 10.2. The second kappa shape index (κ2) is 7.17. The second-order valence-electron chi connectivity index (χ2n) is 3.37. The standard InChI is InChI=1S/C12H16O3S/c1-15-10-5-7-11(8-6-10)16-9-3-2-4-12(13)14/h5-8H,2-4,9H2,1H3,(H,13,14). The molecule has 1 aromatic rings. The van der Waals surface area contributed by atoms with Gasteiger partial charge in [0.25, 0.3) is 0 Å². The molecule has 3 nitrogen and oxygen atoms in total. The SMILES string of the molecule is COc1ccc(SCCCCC(=O)O)cc1. The van der Waals surface area contributed by atoms with Crippen LogP contribution in [0.25, 0.3) is 0 Å². The number of hydrogen-bond acceptors (Lipinski definition) is 3. The first-order valence-corrected chi connectivity index (χ1v) is 6.19. The van der Waals surface area contributed by atoms with E-state index in [1.165, 1.54) is 4.90 Å². The summed E-state index contributed by atoms with van der Waals surface area (Å²) >= 11 is 1.74. The average Bonchev–Trinajstić information content (AvgIpc) is 2.29. The molecule has 0 heterocycles. The highest BCUT2D eigenvalue weighted by Gasteiger charge is 1.98. The van der Waals surface area contributed by atoms with Crippen LogP contribution in [-0.2, 0) is 4.79 Å². The maximum Gasteiger partial charge on any atom is 0.303 e. The number of aliphatic carboxylic acids is 1. The van der Waals surface area contributed by atoms with Crippen LogP contribution in [0.4, 0.5) is 0 Å². The van der Waals surface area contributed by atoms with Gasteiger partial charge >= 0.3 is 5.97 Å². The Kier molecular flexibility index (Phi) is 5.78. The summed E-state index contributed by atoms with van der Waals surface area (Å²) in [5.41, 5.74) is 0. The van der Waals surface area contributed by atoms with Crippen molar-refractivity contribution < 1.29 is 14.6 Å². The number of benzene rings is 1. The summed E-state index contributed by atoms with van der Waals surface area (Å²) in [5, 5.41) is 8.47. The summed E-state index contributed by atoms with van der Waals surface area (Å²) < 4.78 is 5.06. The highest BCUT2D eigenvalue weighted by molar-refractivity contribution is 7.99. The van der Waals surface area contributed by atoms with Crippen molar-refractivity contribution >= 4 is 17.7 Å². The van der Waals surface area contributed by atoms with Gasteiger partial charge in [0.15, 0.2) is 0 Å². The molecule has 0 radical (unpaired) electrons. The third kappa shape index (κ3) is 5.07. The van der Waals surface area contributed by atoms with Crippen molar-refractivity contribution in [2.45, 2.75) is 24.2 Å². The Hall–Kier alpha value is -1.16. The van der Waals surface area contributed by atoms with Crippen molar-refractivity contribution in [3.05, 3.63) is 24.3 Å². The number of carbonyl (C=O) groups is 1. The van der Waals surface area contributed by atoms with Crippen LogP contribution in [0.15, 0.2) is 29.2 Å². The summed E-state index contributed by atoms with van der Waals surface area (Å²) in [4.78, 5) is 11.5. The van der Waals surface area contributed by atoms with Crippen molar-refractivity contribution in [1.82, 2.24) is 0 Å². The zero-order valence-electron chi connectivity index (χ0n) is 9.31. The fourth-order valence-corrected chi connectivity index (χ4v) is 2.15. The number of carboxylic acids is 1. The van der Waals surface area contributed by atoms with E-state index >= 15 is 0 Å². The number of methoxy groups -OCH3 is 1. The first-order valence-electron chi connectivity index (χ1n) is 5.21. The van der Waals surface area contributed by atoms with E-state index < -0.39 is 5.97 Å². The van der Waals surface area contributed by atoms with Crippen LogP contribution in [0.5, 0.6) is 5.75 Å². The van der Waals surface area contributed by atoms with E-state index in [4.69, 9.17) is 9.84 Å². The van der Waals surface area contributed by atoms with Gasteiger partial charge in [-0.2, -0.15) is 0 Å². The second-order valence-corrected chi connectivity index (χ2v) is 4.54. The van der Waals surface area contributed by atoms with Crippen LogP contribution in [-0.4, -0.2) is 23.9 Å². The summed E-state index contributed by atoms with van der Waals surface area (Å²) in [6.45, 7) is 0. The first-order chi connectivity index (χ1) is 7.72. The monoisotopic (exact) mass is 240 g/mol. The summed E-state index contributed by atoms with van der Waals surface area (Å²) in [7, 11) is 1.65. The Balaban J connectivity index is 2.19. The van der Waals surface area contributed by atoms with Gasteiger partial charge in [-0.1, -0.05) is 0 Å². The minimum absolute atomic E-state index is 0.267. The minimum atomic E-state index is -0.713. The van der Waals surface area contributed by atoms with E-state index in [0.29, 0.717) is 0 Å². The molecule has 0 atom stereocenters. The fraction of sp³-hybridized carbons (Fsp3) is 0.417. The molecule has 1 aromatic carbocycles. The molecule has 0 spiro atoms. The topological polar surface area (TPSA) is 46.5 Å². The first kappa shape index (κ1) is 12.9. The van der Waals surface area contributed by atoms with Crippen LogP contribution in [0.3, 0.4) is 0 Å². The van der Waals surface area contributed by atoms with Gasteiger partial charge in [-0.15, -0.1) is 11.8 Å². The number of ether oxygens (including phenoxy) is 1. The molecule has 0 unspecified atom stereocenters. The van der Waals surface area contributed by atoms with Crippen molar-refractivity contribution in [3.8, 4) is 5.75 Å². The van der Waals surface area contributed by atoms with Crippen molar-refractivity contribution in [3.63, 3.8) is 0 Å². The zero-order chi connectivity index (χ0) is 11.8. The molecule has 1 rings (SSSR count). The highest BCUT2D eigenvalue weighted by Crippen LogP contribution is 2.22. The lowest BCUT2D eigenvalue weighted by Crippen LogP contribution is -1.94. The van der Waals surface area contributed by atoms with Crippen LogP contribution in [0.2, 0.25) is 0 Å². The number of thioether (sulfide) groups is 1. The van der Waals surface area contributed by atoms with E-state index in [1.807, 2.05) is 24.3 Å². The Morgan fingerprint density at radius 3 is 2.56 bits per heavy atom. The lowest BCUT2D eigenvalue weighted by molar-refractivity contribution is -0.137. The summed E-state index contributed by atoms with van der Waals surface area (Å²) in [6, 6.07) is 7.89. The number of rotatable bonds is 7. The molecule has 16 heavy (non-hydrogen) atoms. The Bertz CT molecular complexity index is 322. The van der Waals surface area contributed by atoms with Crippen molar-refractivity contribution in [2.75, 3.05) is 12.9 Å². The third-order valence-electron chi connectivity index (χ3n) is 2.11. The molecule has 0 aliphatic heterocycles. The molecule has 0 aliphatic rings. The van der Waals surface area contributed by atoms with E-state index in [0.717, 1.165) is 24.3 Å². The maximum atomic E-state index is 10.3. The Labute approximate surface area is 99.8 Å². The molecular weight excluding hydrogens is 224 g/mol. The molecule has 1 N–H and O–H groups in total. The largest absolute Gasteiger partial charge is 0.497 e. The predicted octanol–water partition coefficient (Wildman–Crippen LogP) is 3.04. The van der Waals surface area contributed by atoms with E-state index in [9.17, 15) is 4.79 Å². The van der Waals surface area contributed by atoms with Crippen LogP contribution in [0, 0.1) is 0 Å². The molecule has 0 fully saturated rings. The van der Waals surface area contributed by atoms with E-state index in [1.54, 1.807) is 18.9 Å². The molecule has 0 bridgehead atoms. The van der Waals surface area contributed by atoms with Crippen LogP contribution in [0.1, 0.15) is 19.3 Å². The maximum absolute atomic E-state index is 10.3. The fourth-order valence-electron chi connectivity index (χ4n) is 1.24. The molecule has 0 saturated carbocycles. The Morgan fingerprint density at radius 2 is 2.00 bits per heavy atom. The average molecular weight is 240 g/mol. The van der Waals surface area contributed by atoms with Gasteiger partial charge in [0.05, 0.1) is 7.11 Å².